The minimum atomic E-state index is -0.542. The maximum absolute atomic E-state index is 12.1. The van der Waals surface area contributed by atoms with E-state index in [2.05, 4.69) is 18.9 Å². The van der Waals surface area contributed by atoms with Crippen LogP contribution in [0.25, 0.3) is 0 Å². The molecule has 0 saturated carbocycles. The van der Waals surface area contributed by atoms with Crippen LogP contribution in [0, 0.1) is 5.92 Å². The summed E-state index contributed by atoms with van der Waals surface area (Å²) in [6.45, 7) is 12.3. The first-order chi connectivity index (χ1) is 10.6. The van der Waals surface area contributed by atoms with Crippen LogP contribution in [0.3, 0.4) is 0 Å². The van der Waals surface area contributed by atoms with Gasteiger partial charge in [-0.15, -0.1) is 0 Å². The van der Waals surface area contributed by atoms with Crippen molar-refractivity contribution >= 4 is 6.09 Å². The lowest BCUT2D eigenvalue weighted by Crippen LogP contribution is -2.35. The highest BCUT2D eigenvalue weighted by molar-refractivity contribution is 5.68. The van der Waals surface area contributed by atoms with E-state index in [-0.39, 0.29) is 11.6 Å². The van der Waals surface area contributed by atoms with Crippen LogP contribution >= 0.6 is 0 Å². The Morgan fingerprint density at radius 1 is 1.35 bits per heavy atom. The number of aromatic nitrogens is 2. The molecule has 0 bridgehead atoms. The largest absolute Gasteiger partial charge is 0.444 e. The van der Waals surface area contributed by atoms with Gasteiger partial charge in [0.25, 0.3) is 5.56 Å². The molecule has 1 aromatic rings. The Morgan fingerprint density at radius 2 is 1.91 bits per heavy atom. The number of ether oxygens (including phenoxy) is 1. The van der Waals surface area contributed by atoms with E-state index in [4.69, 9.17) is 4.74 Å². The first-order valence-electron chi connectivity index (χ1n) is 8.34. The minimum Gasteiger partial charge on any atom is -0.444 e. The van der Waals surface area contributed by atoms with Crippen LogP contribution in [0.5, 0.6) is 0 Å². The third-order valence-corrected chi connectivity index (χ3v) is 4.12. The fourth-order valence-electron chi connectivity index (χ4n) is 2.31. The molecule has 0 aliphatic rings. The van der Waals surface area contributed by atoms with Crippen molar-refractivity contribution in [2.45, 2.75) is 72.6 Å². The zero-order chi connectivity index (χ0) is 17.8. The first kappa shape index (κ1) is 19.3. The number of H-pyrrole nitrogens is 1. The highest BCUT2D eigenvalue weighted by atomic mass is 16.6. The molecule has 0 aliphatic carbocycles. The molecule has 1 N–H and O–H groups in total. The summed E-state index contributed by atoms with van der Waals surface area (Å²) in [6, 6.07) is 1.30. The van der Waals surface area contributed by atoms with Crippen molar-refractivity contribution in [1.29, 1.82) is 0 Å². The lowest BCUT2D eigenvalue weighted by atomic mass is 10.0. The van der Waals surface area contributed by atoms with Crippen molar-refractivity contribution in [3.63, 3.8) is 0 Å². The molecule has 1 heterocycles. The van der Waals surface area contributed by atoms with E-state index in [0.717, 1.165) is 12.8 Å². The average molecular weight is 325 g/mol. The van der Waals surface area contributed by atoms with E-state index in [9.17, 15) is 9.59 Å². The molecule has 6 nitrogen and oxygen atoms in total. The van der Waals surface area contributed by atoms with Gasteiger partial charge in [0.2, 0.25) is 0 Å². The molecule has 0 aliphatic heterocycles. The van der Waals surface area contributed by atoms with Crippen LogP contribution in [0.2, 0.25) is 0 Å². The van der Waals surface area contributed by atoms with Crippen LogP contribution in [0.1, 0.15) is 66.1 Å². The number of aromatic amines is 1. The predicted octanol–water partition coefficient (Wildman–Crippen LogP) is 3.54. The zero-order valence-corrected chi connectivity index (χ0v) is 15.5. The maximum Gasteiger partial charge on any atom is 0.410 e. The molecule has 0 saturated heterocycles. The van der Waals surface area contributed by atoms with Crippen LogP contribution in [-0.4, -0.2) is 33.4 Å². The molecule has 1 unspecified atom stereocenters. The van der Waals surface area contributed by atoms with Gasteiger partial charge >= 0.3 is 6.09 Å². The first-order valence-corrected chi connectivity index (χ1v) is 8.34. The summed E-state index contributed by atoms with van der Waals surface area (Å²) in [5.41, 5.74) is 0.116. The van der Waals surface area contributed by atoms with Gasteiger partial charge in [0.15, 0.2) is 0 Å². The Labute approximate surface area is 138 Å². The fraction of sp³-hybridized carbons (Fsp3) is 0.765. The molecule has 132 valence electrons. The predicted molar refractivity (Wildman–Crippen MR) is 91.5 cm³/mol. The third kappa shape index (κ3) is 5.44. The van der Waals surface area contributed by atoms with Gasteiger partial charge in [-0.25, -0.2) is 4.79 Å². The summed E-state index contributed by atoms with van der Waals surface area (Å²) >= 11 is 0. The lowest BCUT2D eigenvalue weighted by molar-refractivity contribution is 0.0230. The van der Waals surface area contributed by atoms with Crippen LogP contribution in [0.15, 0.2) is 10.9 Å². The van der Waals surface area contributed by atoms with Crippen molar-refractivity contribution in [2.75, 3.05) is 7.05 Å². The molecule has 1 atom stereocenters. The van der Waals surface area contributed by atoms with Gasteiger partial charge in [-0.3, -0.25) is 14.6 Å². The van der Waals surface area contributed by atoms with Gasteiger partial charge in [-0.1, -0.05) is 26.7 Å². The second-order valence-electron chi connectivity index (χ2n) is 7.11. The molecular weight excluding hydrogens is 294 g/mol. The Kier molecular flexibility index (Phi) is 6.47. The SMILES string of the molecule is CCC(CC)Cn1[nH]c(C(C)N(C)C(=O)OC(C)(C)C)cc1=O. The number of hydrogen-bond donors (Lipinski definition) is 1. The smallest absolute Gasteiger partial charge is 0.410 e. The Balaban J connectivity index is 2.86. The van der Waals surface area contributed by atoms with Gasteiger partial charge in [0.1, 0.15) is 5.60 Å². The quantitative estimate of drug-likeness (QED) is 0.870. The molecule has 1 aromatic heterocycles. The van der Waals surface area contributed by atoms with Crippen molar-refractivity contribution in [2.24, 2.45) is 5.92 Å². The van der Waals surface area contributed by atoms with Crippen molar-refractivity contribution in [1.82, 2.24) is 14.7 Å². The van der Waals surface area contributed by atoms with E-state index in [0.29, 0.717) is 18.2 Å². The van der Waals surface area contributed by atoms with Crippen LogP contribution < -0.4 is 5.56 Å². The van der Waals surface area contributed by atoms with Gasteiger partial charge < -0.3 is 9.64 Å². The summed E-state index contributed by atoms with van der Waals surface area (Å²) in [5, 5.41) is 3.13. The highest BCUT2D eigenvalue weighted by Gasteiger charge is 2.25. The fourth-order valence-corrected chi connectivity index (χ4v) is 2.31. The summed E-state index contributed by atoms with van der Waals surface area (Å²) in [4.78, 5) is 25.8. The van der Waals surface area contributed by atoms with Crippen molar-refractivity contribution in [3.05, 3.63) is 22.1 Å². The Hall–Kier alpha value is -1.72. The molecule has 1 amide bonds. The average Bonchev–Trinajstić information content (AvgIpc) is 2.82. The Bertz CT molecular complexity index is 564. The number of carbonyl (C=O) groups excluding carboxylic acids is 1. The van der Waals surface area contributed by atoms with Gasteiger partial charge in [-0.05, 0) is 33.6 Å². The summed E-state index contributed by atoms with van der Waals surface area (Å²) < 4.78 is 7.00. The lowest BCUT2D eigenvalue weighted by Gasteiger charge is -2.28. The second-order valence-corrected chi connectivity index (χ2v) is 7.11. The molecule has 6 heteroatoms. The van der Waals surface area contributed by atoms with Gasteiger partial charge in [-0.2, -0.15) is 0 Å². The molecule has 0 fully saturated rings. The van der Waals surface area contributed by atoms with E-state index in [1.165, 1.54) is 4.90 Å². The Morgan fingerprint density at radius 3 is 2.39 bits per heavy atom. The number of rotatable bonds is 6. The normalized spacial score (nSPS) is 13.2. The molecule has 1 rings (SSSR count). The third-order valence-electron chi connectivity index (χ3n) is 4.12. The number of carbonyl (C=O) groups is 1. The van der Waals surface area contributed by atoms with Gasteiger partial charge in [0, 0.05) is 19.7 Å². The van der Waals surface area contributed by atoms with E-state index in [1.54, 1.807) is 17.8 Å². The standard InChI is InChI=1S/C17H31N3O3/c1-8-13(9-2)11-20-15(21)10-14(18-20)12(3)19(7)16(22)23-17(4,5)6/h10,12-13,18H,8-9,11H2,1-7H3. The number of nitrogens with one attached hydrogen (secondary N) is 1. The van der Waals surface area contributed by atoms with Gasteiger partial charge in [0.05, 0.1) is 11.7 Å². The summed E-state index contributed by atoms with van der Waals surface area (Å²) in [6.07, 6.45) is 1.66. The number of amides is 1. The molecule has 0 spiro atoms. The molecule has 0 radical (unpaired) electrons. The van der Waals surface area contributed by atoms with Crippen molar-refractivity contribution < 1.29 is 9.53 Å². The zero-order valence-electron chi connectivity index (χ0n) is 15.5. The number of hydrogen-bond acceptors (Lipinski definition) is 3. The monoisotopic (exact) mass is 325 g/mol. The van der Waals surface area contributed by atoms with Crippen LogP contribution in [0.4, 0.5) is 4.79 Å². The van der Waals surface area contributed by atoms with Crippen LogP contribution in [-0.2, 0) is 11.3 Å². The second kappa shape index (κ2) is 7.70. The molecule has 23 heavy (non-hydrogen) atoms. The molecule has 0 aromatic carbocycles. The maximum atomic E-state index is 12.1. The summed E-state index contributed by atoms with van der Waals surface area (Å²) in [5.74, 6) is 0.470. The number of nitrogens with zero attached hydrogens (tertiary/aromatic N) is 2. The van der Waals surface area contributed by atoms with E-state index >= 15 is 0 Å². The minimum absolute atomic E-state index is 0.0589. The molecular formula is C17H31N3O3. The highest BCUT2D eigenvalue weighted by Crippen LogP contribution is 2.19. The van der Waals surface area contributed by atoms with Crippen molar-refractivity contribution in [3.8, 4) is 0 Å². The van der Waals surface area contributed by atoms with E-state index < -0.39 is 11.7 Å². The van der Waals surface area contributed by atoms with E-state index in [1.807, 2.05) is 27.7 Å². The summed E-state index contributed by atoms with van der Waals surface area (Å²) in [7, 11) is 1.68. The topological polar surface area (TPSA) is 67.3 Å².